The zero-order valence-electron chi connectivity index (χ0n) is 30.0. The van der Waals surface area contributed by atoms with Gasteiger partial charge < -0.3 is 9.80 Å². The van der Waals surface area contributed by atoms with Crippen molar-refractivity contribution in [3.63, 3.8) is 0 Å². The molecule has 3 aromatic rings. The van der Waals surface area contributed by atoms with Gasteiger partial charge in [-0.1, -0.05) is 105 Å². The zero-order valence-corrected chi connectivity index (χ0v) is 30.0. The van der Waals surface area contributed by atoms with Crippen molar-refractivity contribution in [1.82, 2.24) is 0 Å². The third kappa shape index (κ3) is 6.50. The molecular formula is C45H55N2+. The fraction of sp³-hybridized carbons (Fsp3) is 0.378. The van der Waals surface area contributed by atoms with Gasteiger partial charge in [-0.3, -0.25) is 0 Å². The van der Waals surface area contributed by atoms with Crippen LogP contribution in [0.2, 0.25) is 0 Å². The molecule has 0 saturated carbocycles. The highest BCUT2D eigenvalue weighted by Gasteiger charge is 2.45. The molecule has 3 aliphatic rings. The third-order valence-electron chi connectivity index (χ3n) is 11.2. The fourth-order valence-corrected chi connectivity index (χ4v) is 9.15. The molecule has 47 heavy (non-hydrogen) atoms. The summed E-state index contributed by atoms with van der Waals surface area (Å²) in [5.41, 5.74) is 12.5. The number of likely N-dealkylation sites (tertiary alicyclic amines) is 1. The van der Waals surface area contributed by atoms with Crippen LogP contribution >= 0.6 is 0 Å². The third-order valence-corrected chi connectivity index (χ3v) is 11.2. The van der Waals surface area contributed by atoms with Crippen LogP contribution in [0.25, 0.3) is 11.1 Å². The van der Waals surface area contributed by atoms with E-state index in [2.05, 4.69) is 176 Å². The summed E-state index contributed by atoms with van der Waals surface area (Å²) in [6.45, 7) is 21.3. The van der Waals surface area contributed by atoms with Gasteiger partial charge in [0.25, 0.3) is 0 Å². The maximum atomic E-state index is 2.59. The van der Waals surface area contributed by atoms with Crippen molar-refractivity contribution in [2.75, 3.05) is 18.0 Å². The Kier molecular flexibility index (Phi) is 9.36. The first-order valence-electron chi connectivity index (χ1n) is 18.0. The molecule has 2 nitrogen and oxygen atoms in total. The number of nitrogens with one attached hydrogen (secondary N) is 1. The number of likely N-dealkylation sites (N-methyl/N-ethyl adjacent to an activating group) is 1. The number of anilines is 1. The van der Waals surface area contributed by atoms with Crippen LogP contribution in [0.1, 0.15) is 96.4 Å². The van der Waals surface area contributed by atoms with Crippen molar-refractivity contribution in [3.8, 4) is 0 Å². The maximum absolute atomic E-state index is 2.59. The molecule has 4 atom stereocenters. The predicted molar refractivity (Wildman–Crippen MR) is 203 cm³/mol. The number of quaternary nitrogens is 1. The van der Waals surface area contributed by atoms with E-state index in [0.717, 1.165) is 19.5 Å². The van der Waals surface area contributed by atoms with Gasteiger partial charge in [0.15, 0.2) is 0 Å². The van der Waals surface area contributed by atoms with E-state index in [4.69, 9.17) is 0 Å². The van der Waals surface area contributed by atoms with E-state index in [1.54, 1.807) is 10.5 Å². The normalized spacial score (nSPS) is 26.1. The van der Waals surface area contributed by atoms with Gasteiger partial charge in [0, 0.05) is 24.2 Å². The molecule has 0 aromatic heterocycles. The molecular weight excluding hydrogens is 569 g/mol. The summed E-state index contributed by atoms with van der Waals surface area (Å²) in [4.78, 5) is 4.26. The number of piperidine rings is 1. The Bertz CT molecular complexity index is 1730. The van der Waals surface area contributed by atoms with Gasteiger partial charge in [0.05, 0.1) is 12.1 Å². The molecule has 244 valence electrons. The molecule has 1 aliphatic carbocycles. The van der Waals surface area contributed by atoms with Crippen LogP contribution in [0.3, 0.4) is 0 Å². The average molecular weight is 624 g/mol. The first-order valence-corrected chi connectivity index (χ1v) is 18.0. The molecule has 2 aliphatic heterocycles. The van der Waals surface area contributed by atoms with E-state index in [9.17, 15) is 0 Å². The van der Waals surface area contributed by atoms with E-state index in [-0.39, 0.29) is 11.1 Å². The van der Waals surface area contributed by atoms with Gasteiger partial charge in [-0.05, 0) is 129 Å². The lowest BCUT2D eigenvalue weighted by atomic mass is 9.74. The van der Waals surface area contributed by atoms with Crippen LogP contribution in [0.5, 0.6) is 0 Å². The Labute approximate surface area is 284 Å². The highest BCUT2D eigenvalue weighted by Crippen LogP contribution is 2.44. The van der Waals surface area contributed by atoms with Gasteiger partial charge in [-0.15, -0.1) is 0 Å². The second kappa shape index (κ2) is 13.3. The molecule has 0 spiro atoms. The number of fused-ring (bicyclic) bond motifs is 2. The lowest BCUT2D eigenvalue weighted by Gasteiger charge is -2.48. The average Bonchev–Trinajstić information content (AvgIpc) is 3.05. The van der Waals surface area contributed by atoms with Crippen molar-refractivity contribution >= 4 is 16.8 Å². The Morgan fingerprint density at radius 1 is 0.830 bits per heavy atom. The number of nitrogens with zero attached hydrogens (tertiary/aromatic N) is 1. The van der Waals surface area contributed by atoms with E-state index in [1.165, 1.54) is 51.1 Å². The number of benzene rings is 3. The van der Waals surface area contributed by atoms with Crippen LogP contribution in [-0.2, 0) is 0 Å². The Morgan fingerprint density at radius 3 is 2.17 bits per heavy atom. The summed E-state index contributed by atoms with van der Waals surface area (Å²) in [5, 5.41) is 0. The molecule has 3 aromatic carbocycles. The van der Waals surface area contributed by atoms with Crippen molar-refractivity contribution in [2.45, 2.75) is 91.3 Å². The molecule has 4 unspecified atom stereocenters. The maximum Gasteiger partial charge on any atom is 0.129 e. The molecule has 0 amide bonds. The van der Waals surface area contributed by atoms with E-state index in [1.807, 2.05) is 0 Å². The Hall–Kier alpha value is -3.88. The molecule has 1 fully saturated rings. The van der Waals surface area contributed by atoms with E-state index in [0.29, 0.717) is 17.9 Å². The van der Waals surface area contributed by atoms with Gasteiger partial charge in [0.1, 0.15) is 6.04 Å². The van der Waals surface area contributed by atoms with Crippen LogP contribution in [0, 0.1) is 5.92 Å². The molecule has 1 N–H and O–H groups in total. The predicted octanol–water partition coefficient (Wildman–Crippen LogP) is 9.83. The second-order valence-corrected chi connectivity index (χ2v) is 15.3. The highest BCUT2D eigenvalue weighted by atomic mass is 15.2. The van der Waals surface area contributed by atoms with Crippen molar-refractivity contribution < 1.29 is 4.90 Å². The Balaban J connectivity index is 1.43. The molecule has 0 radical (unpaired) electrons. The molecule has 2 heteroatoms. The first kappa shape index (κ1) is 33.0. The first-order chi connectivity index (χ1) is 22.5. The molecule has 6 rings (SSSR count). The van der Waals surface area contributed by atoms with Crippen LogP contribution in [0.15, 0.2) is 126 Å². The monoisotopic (exact) mass is 623 g/mol. The van der Waals surface area contributed by atoms with Gasteiger partial charge in [-0.2, -0.15) is 0 Å². The SMILES string of the molecule is CCN1c2ccc(/C(=C/C=C/C(=C3/C=CC4C(=C3)C(C)CC(C)(C)[NH+]4CC)c3ccccc3)c3ccccc3)cc2C(C)CC1(C)C. The van der Waals surface area contributed by atoms with Gasteiger partial charge >= 0.3 is 0 Å². The van der Waals surface area contributed by atoms with Crippen LogP contribution in [0.4, 0.5) is 5.69 Å². The van der Waals surface area contributed by atoms with Crippen LogP contribution < -0.4 is 9.80 Å². The number of hydrogen-bond acceptors (Lipinski definition) is 1. The second-order valence-electron chi connectivity index (χ2n) is 15.3. The smallest absolute Gasteiger partial charge is 0.129 e. The van der Waals surface area contributed by atoms with Gasteiger partial charge in [-0.25, -0.2) is 0 Å². The van der Waals surface area contributed by atoms with Gasteiger partial charge in [0.2, 0.25) is 0 Å². The quantitative estimate of drug-likeness (QED) is 0.258. The minimum atomic E-state index is 0.162. The number of hydrogen-bond donors (Lipinski definition) is 1. The summed E-state index contributed by atoms with van der Waals surface area (Å²) in [6, 6.07) is 29.4. The lowest BCUT2D eigenvalue weighted by molar-refractivity contribution is -0.964. The minimum absolute atomic E-state index is 0.162. The Morgan fingerprint density at radius 2 is 1.51 bits per heavy atom. The summed E-state index contributed by atoms with van der Waals surface area (Å²) in [7, 11) is 0. The van der Waals surface area contributed by atoms with E-state index >= 15 is 0 Å². The molecule has 2 heterocycles. The molecule has 1 saturated heterocycles. The minimum Gasteiger partial charge on any atom is -0.366 e. The van der Waals surface area contributed by atoms with Crippen LogP contribution in [-0.4, -0.2) is 30.2 Å². The summed E-state index contributed by atoms with van der Waals surface area (Å²) >= 11 is 0. The largest absolute Gasteiger partial charge is 0.366 e. The van der Waals surface area contributed by atoms with E-state index < -0.39 is 0 Å². The van der Waals surface area contributed by atoms with Crippen molar-refractivity contribution in [3.05, 3.63) is 149 Å². The highest BCUT2D eigenvalue weighted by molar-refractivity contribution is 5.85. The number of allylic oxidation sites excluding steroid dienone is 7. The fourth-order valence-electron chi connectivity index (χ4n) is 9.15. The van der Waals surface area contributed by atoms with Crippen molar-refractivity contribution in [1.29, 1.82) is 0 Å². The van der Waals surface area contributed by atoms with Crippen molar-refractivity contribution in [2.24, 2.45) is 5.92 Å². The summed E-state index contributed by atoms with van der Waals surface area (Å²) in [6.07, 6.45) is 16.7. The zero-order chi connectivity index (χ0) is 33.3. The lowest BCUT2D eigenvalue weighted by Crippen LogP contribution is -3.23. The summed E-state index contributed by atoms with van der Waals surface area (Å²) in [5.74, 6) is 1.08. The molecule has 0 bridgehead atoms. The standard InChI is InChI=1S/C45H54N2/c1-9-46-42-26-24-36(28-40(42)32(3)30-44(46,5)6)38(34-18-13-11-14-19-34)22-17-23-39(35-20-15-12-16-21-35)37-25-27-43-41(29-37)33(4)31-45(7,8)47(43)10-2/h11-29,32-33,42H,9-10,30-31H2,1-8H3/p+1/b22-17+,38-36+,39-23+. The topological polar surface area (TPSA) is 7.68 Å². The number of rotatable bonds is 7. The summed E-state index contributed by atoms with van der Waals surface area (Å²) < 4.78 is 0.